The average molecular weight is 333 g/mol. The van der Waals surface area contributed by atoms with Crippen LogP contribution in [-0.2, 0) is 11.3 Å². The van der Waals surface area contributed by atoms with Gasteiger partial charge in [-0.05, 0) is 44.2 Å². The molecular weight excluding hydrogens is 309 g/mol. The molecule has 2 fully saturated rings. The highest BCUT2D eigenvalue weighted by molar-refractivity contribution is 5.87. The van der Waals surface area contributed by atoms with Crippen molar-refractivity contribution in [3.8, 4) is 5.75 Å². The van der Waals surface area contributed by atoms with E-state index in [9.17, 15) is 14.3 Å². The van der Waals surface area contributed by atoms with E-state index in [1.54, 1.807) is 23.1 Å². The van der Waals surface area contributed by atoms with E-state index in [0.29, 0.717) is 24.8 Å². The quantitative estimate of drug-likeness (QED) is 0.780. The maximum atomic E-state index is 14.7. The maximum absolute atomic E-state index is 14.7. The van der Waals surface area contributed by atoms with Crippen molar-refractivity contribution in [3.05, 3.63) is 42.2 Å². The number of carbonyl (C=O) groups is 1. The molecule has 0 aromatic heterocycles. The summed E-state index contributed by atoms with van der Waals surface area (Å²) in [6.07, 6.45) is 4.97. The molecule has 0 heterocycles. The van der Waals surface area contributed by atoms with Gasteiger partial charge in [-0.25, -0.2) is 4.39 Å². The Hall–Kier alpha value is -1.88. The smallest absolute Gasteiger partial charge is 0.246 e. The van der Waals surface area contributed by atoms with Crippen LogP contribution in [0.3, 0.4) is 0 Å². The van der Waals surface area contributed by atoms with Crippen LogP contribution in [0.5, 0.6) is 5.75 Å². The van der Waals surface area contributed by atoms with E-state index in [-0.39, 0.29) is 30.3 Å². The lowest BCUT2D eigenvalue weighted by atomic mass is 9.73. The zero-order valence-electron chi connectivity index (χ0n) is 14.0. The van der Waals surface area contributed by atoms with Crippen molar-refractivity contribution in [2.24, 2.45) is 0 Å². The first-order chi connectivity index (χ1) is 11.5. The number of nitrogens with zero attached hydrogens (tertiary/aromatic N) is 1. The summed E-state index contributed by atoms with van der Waals surface area (Å²) in [4.78, 5) is 13.8. The van der Waals surface area contributed by atoms with E-state index >= 15 is 0 Å². The van der Waals surface area contributed by atoms with Crippen molar-refractivity contribution in [2.75, 3.05) is 0 Å². The SMILES string of the molecule is C=CC(=O)N(Cc1cccc(OC2CC2)c1F)C1CC(O)(CC)C1. The molecule has 5 heteroatoms. The summed E-state index contributed by atoms with van der Waals surface area (Å²) in [6.45, 7) is 5.62. The van der Waals surface area contributed by atoms with Gasteiger partial charge in [0.1, 0.15) is 0 Å². The highest BCUT2D eigenvalue weighted by atomic mass is 19.1. The van der Waals surface area contributed by atoms with Crippen LogP contribution < -0.4 is 4.74 Å². The van der Waals surface area contributed by atoms with Gasteiger partial charge in [0.2, 0.25) is 5.91 Å². The lowest BCUT2D eigenvalue weighted by molar-refractivity contribution is -0.142. The van der Waals surface area contributed by atoms with Crippen molar-refractivity contribution in [1.29, 1.82) is 0 Å². The summed E-state index contributed by atoms with van der Waals surface area (Å²) in [7, 11) is 0. The summed E-state index contributed by atoms with van der Waals surface area (Å²) < 4.78 is 20.2. The van der Waals surface area contributed by atoms with Gasteiger partial charge in [-0.2, -0.15) is 0 Å². The zero-order chi connectivity index (χ0) is 17.3. The molecule has 2 saturated carbocycles. The first kappa shape index (κ1) is 17.0. The van der Waals surface area contributed by atoms with Crippen LogP contribution in [0.2, 0.25) is 0 Å². The Balaban J connectivity index is 1.75. The fraction of sp³-hybridized carbons (Fsp3) is 0.526. The number of ether oxygens (including phenoxy) is 1. The second kappa shape index (κ2) is 6.55. The molecule has 4 nitrogen and oxygen atoms in total. The van der Waals surface area contributed by atoms with Gasteiger partial charge in [-0.1, -0.05) is 25.6 Å². The standard InChI is InChI=1S/C19H24FNO3/c1-3-17(22)21(14-10-19(23,4-2)11-14)12-13-6-5-7-16(18(13)20)24-15-8-9-15/h3,5-7,14-15,23H,1,4,8-12H2,2H3. The maximum Gasteiger partial charge on any atom is 0.246 e. The third-order valence-electron chi connectivity index (χ3n) is 4.99. The molecule has 1 aromatic carbocycles. The van der Waals surface area contributed by atoms with Gasteiger partial charge in [0.05, 0.1) is 11.7 Å². The monoisotopic (exact) mass is 333 g/mol. The minimum Gasteiger partial charge on any atom is -0.487 e. The summed E-state index contributed by atoms with van der Waals surface area (Å²) in [5, 5.41) is 10.2. The Labute approximate surface area is 141 Å². The Bertz CT molecular complexity index is 635. The van der Waals surface area contributed by atoms with E-state index in [4.69, 9.17) is 4.74 Å². The Morgan fingerprint density at radius 3 is 2.79 bits per heavy atom. The van der Waals surface area contributed by atoms with Crippen molar-refractivity contribution >= 4 is 5.91 Å². The van der Waals surface area contributed by atoms with Crippen LogP contribution in [0.4, 0.5) is 4.39 Å². The van der Waals surface area contributed by atoms with Gasteiger partial charge in [-0.15, -0.1) is 0 Å². The minimum atomic E-state index is -0.708. The van der Waals surface area contributed by atoms with Crippen LogP contribution in [-0.4, -0.2) is 33.7 Å². The van der Waals surface area contributed by atoms with Crippen LogP contribution in [0, 0.1) is 5.82 Å². The number of halogens is 1. The number of amides is 1. The number of aliphatic hydroxyl groups is 1. The molecule has 130 valence electrons. The zero-order valence-corrected chi connectivity index (χ0v) is 14.0. The number of hydrogen-bond donors (Lipinski definition) is 1. The third kappa shape index (κ3) is 3.46. The molecule has 0 aliphatic heterocycles. The third-order valence-corrected chi connectivity index (χ3v) is 4.99. The summed E-state index contributed by atoms with van der Waals surface area (Å²) >= 11 is 0. The Morgan fingerprint density at radius 2 is 2.21 bits per heavy atom. The molecule has 0 radical (unpaired) electrons. The minimum absolute atomic E-state index is 0.0899. The number of hydrogen-bond acceptors (Lipinski definition) is 3. The van der Waals surface area contributed by atoms with Crippen molar-refractivity contribution in [2.45, 2.75) is 63.3 Å². The van der Waals surface area contributed by atoms with Crippen LogP contribution >= 0.6 is 0 Å². The fourth-order valence-electron chi connectivity index (χ4n) is 3.15. The van der Waals surface area contributed by atoms with Gasteiger partial charge >= 0.3 is 0 Å². The molecule has 0 atom stereocenters. The highest BCUT2D eigenvalue weighted by Crippen LogP contribution is 2.39. The van der Waals surface area contributed by atoms with E-state index in [1.807, 2.05) is 6.92 Å². The fourth-order valence-corrected chi connectivity index (χ4v) is 3.15. The van der Waals surface area contributed by atoms with Crippen molar-refractivity contribution in [1.82, 2.24) is 4.90 Å². The van der Waals surface area contributed by atoms with E-state index in [2.05, 4.69) is 6.58 Å². The normalized spacial score (nSPS) is 25.7. The predicted octanol–water partition coefficient (Wildman–Crippen LogP) is 3.19. The molecule has 2 aliphatic rings. The predicted molar refractivity (Wildman–Crippen MR) is 89.1 cm³/mol. The molecule has 1 N–H and O–H groups in total. The first-order valence-corrected chi connectivity index (χ1v) is 8.55. The number of carbonyl (C=O) groups excluding carboxylic acids is 1. The molecule has 1 aromatic rings. The lowest BCUT2D eigenvalue weighted by Crippen LogP contribution is -2.56. The molecule has 0 unspecified atom stereocenters. The average Bonchev–Trinajstić information content (AvgIpc) is 3.36. The van der Waals surface area contributed by atoms with E-state index in [0.717, 1.165) is 12.8 Å². The largest absolute Gasteiger partial charge is 0.487 e. The van der Waals surface area contributed by atoms with Crippen LogP contribution in [0.1, 0.15) is 44.6 Å². The molecule has 0 bridgehead atoms. The molecule has 0 saturated heterocycles. The molecule has 2 aliphatic carbocycles. The van der Waals surface area contributed by atoms with Crippen molar-refractivity contribution < 1.29 is 19.0 Å². The Morgan fingerprint density at radius 1 is 1.50 bits per heavy atom. The van der Waals surface area contributed by atoms with E-state index < -0.39 is 11.4 Å². The molecule has 24 heavy (non-hydrogen) atoms. The second-order valence-corrected chi connectivity index (χ2v) is 6.86. The van der Waals surface area contributed by atoms with Gasteiger partial charge in [-0.3, -0.25) is 4.79 Å². The second-order valence-electron chi connectivity index (χ2n) is 6.86. The molecular formula is C19H24FNO3. The summed E-state index contributed by atoms with van der Waals surface area (Å²) in [6, 6.07) is 4.95. The number of rotatable bonds is 7. The van der Waals surface area contributed by atoms with Gasteiger partial charge < -0.3 is 14.7 Å². The van der Waals surface area contributed by atoms with Crippen molar-refractivity contribution in [3.63, 3.8) is 0 Å². The summed E-state index contributed by atoms with van der Waals surface area (Å²) in [5.41, 5.74) is -0.282. The molecule has 3 rings (SSSR count). The number of benzene rings is 1. The molecule has 0 spiro atoms. The summed E-state index contributed by atoms with van der Waals surface area (Å²) in [5.74, 6) is -0.401. The topological polar surface area (TPSA) is 49.8 Å². The van der Waals surface area contributed by atoms with Crippen LogP contribution in [0.15, 0.2) is 30.9 Å². The lowest BCUT2D eigenvalue weighted by Gasteiger charge is -2.48. The first-order valence-electron chi connectivity index (χ1n) is 8.55. The van der Waals surface area contributed by atoms with Gasteiger partial charge in [0.25, 0.3) is 0 Å². The highest BCUT2D eigenvalue weighted by Gasteiger charge is 2.45. The Kier molecular flexibility index (Phi) is 4.63. The van der Waals surface area contributed by atoms with Gasteiger partial charge in [0.15, 0.2) is 11.6 Å². The van der Waals surface area contributed by atoms with Gasteiger partial charge in [0, 0.05) is 18.2 Å². The van der Waals surface area contributed by atoms with Crippen LogP contribution in [0.25, 0.3) is 0 Å². The van der Waals surface area contributed by atoms with E-state index in [1.165, 1.54) is 6.08 Å². The molecule has 1 amide bonds.